The van der Waals surface area contributed by atoms with Crippen LogP contribution in [-0.4, -0.2) is 19.8 Å². The highest BCUT2D eigenvalue weighted by atomic mass is 16.5. The van der Waals surface area contributed by atoms with Gasteiger partial charge in [-0.25, -0.2) is 0 Å². The summed E-state index contributed by atoms with van der Waals surface area (Å²) in [7, 11) is 2.05. The van der Waals surface area contributed by atoms with Crippen LogP contribution < -0.4 is 5.32 Å². The Balaban J connectivity index is 2.10. The highest BCUT2D eigenvalue weighted by molar-refractivity contribution is 5.27. The molecule has 0 spiro atoms. The van der Waals surface area contributed by atoms with E-state index in [9.17, 15) is 0 Å². The standard InChI is InChI=1S/C17H27NO/c1-5-12(2)14-6-8-15(9-7-14)17(18-4)16-10-13(3)19-11-16/h6-9,12-13,16-18H,5,10-11H2,1-4H3. The van der Waals surface area contributed by atoms with E-state index >= 15 is 0 Å². The minimum Gasteiger partial charge on any atom is -0.378 e. The third-order valence-corrected chi connectivity index (χ3v) is 4.49. The van der Waals surface area contributed by atoms with Crippen molar-refractivity contribution in [3.63, 3.8) is 0 Å². The SMILES string of the molecule is CCC(C)c1ccc(C(NC)C2COC(C)C2)cc1. The van der Waals surface area contributed by atoms with Crippen molar-refractivity contribution in [2.45, 2.75) is 51.7 Å². The normalized spacial score (nSPS) is 26.3. The zero-order valence-corrected chi connectivity index (χ0v) is 12.6. The molecule has 1 aromatic rings. The third kappa shape index (κ3) is 3.37. The Morgan fingerprint density at radius 3 is 2.37 bits per heavy atom. The van der Waals surface area contributed by atoms with Gasteiger partial charge in [0.2, 0.25) is 0 Å². The van der Waals surface area contributed by atoms with Gasteiger partial charge in [-0.15, -0.1) is 0 Å². The van der Waals surface area contributed by atoms with E-state index in [1.54, 1.807) is 0 Å². The topological polar surface area (TPSA) is 21.3 Å². The fraction of sp³-hybridized carbons (Fsp3) is 0.647. The summed E-state index contributed by atoms with van der Waals surface area (Å²) in [5, 5.41) is 3.46. The molecule has 4 atom stereocenters. The molecule has 1 saturated heterocycles. The van der Waals surface area contributed by atoms with Crippen LogP contribution in [-0.2, 0) is 4.74 Å². The Labute approximate surface area is 117 Å². The van der Waals surface area contributed by atoms with Crippen molar-refractivity contribution in [2.24, 2.45) is 5.92 Å². The number of nitrogens with one attached hydrogen (secondary N) is 1. The summed E-state index contributed by atoms with van der Waals surface area (Å²) in [5.74, 6) is 1.24. The lowest BCUT2D eigenvalue weighted by Crippen LogP contribution is -2.25. The van der Waals surface area contributed by atoms with Crippen LogP contribution in [0.3, 0.4) is 0 Å². The highest BCUT2D eigenvalue weighted by Gasteiger charge is 2.29. The van der Waals surface area contributed by atoms with Crippen LogP contribution in [0, 0.1) is 5.92 Å². The monoisotopic (exact) mass is 261 g/mol. The van der Waals surface area contributed by atoms with E-state index in [1.807, 2.05) is 0 Å². The summed E-state index contributed by atoms with van der Waals surface area (Å²) in [6.07, 6.45) is 2.75. The van der Waals surface area contributed by atoms with E-state index in [2.05, 4.69) is 57.4 Å². The van der Waals surface area contributed by atoms with Crippen LogP contribution >= 0.6 is 0 Å². The number of benzene rings is 1. The second kappa shape index (κ2) is 6.53. The first kappa shape index (κ1) is 14.5. The van der Waals surface area contributed by atoms with Gasteiger partial charge < -0.3 is 10.1 Å². The lowest BCUT2D eigenvalue weighted by molar-refractivity contribution is 0.117. The highest BCUT2D eigenvalue weighted by Crippen LogP contribution is 2.32. The fourth-order valence-corrected chi connectivity index (χ4v) is 3.02. The second-order valence-electron chi connectivity index (χ2n) is 5.88. The zero-order chi connectivity index (χ0) is 13.8. The van der Waals surface area contributed by atoms with E-state index in [1.165, 1.54) is 17.5 Å². The number of rotatable bonds is 5. The van der Waals surface area contributed by atoms with Gasteiger partial charge in [-0.3, -0.25) is 0 Å². The van der Waals surface area contributed by atoms with Crippen LogP contribution in [0.1, 0.15) is 56.7 Å². The Hall–Kier alpha value is -0.860. The fourth-order valence-electron chi connectivity index (χ4n) is 3.02. The Morgan fingerprint density at radius 1 is 1.26 bits per heavy atom. The maximum absolute atomic E-state index is 5.71. The zero-order valence-electron chi connectivity index (χ0n) is 12.6. The van der Waals surface area contributed by atoms with Gasteiger partial charge in [0.1, 0.15) is 0 Å². The van der Waals surface area contributed by atoms with Gasteiger partial charge in [0.05, 0.1) is 12.7 Å². The Bertz CT molecular complexity index is 387. The van der Waals surface area contributed by atoms with Gasteiger partial charge in [-0.1, -0.05) is 38.1 Å². The Morgan fingerprint density at radius 2 is 1.89 bits per heavy atom. The molecule has 2 heteroatoms. The molecule has 0 aliphatic carbocycles. The van der Waals surface area contributed by atoms with Gasteiger partial charge in [0, 0.05) is 12.0 Å². The Kier molecular flexibility index (Phi) is 5.00. The molecule has 19 heavy (non-hydrogen) atoms. The van der Waals surface area contributed by atoms with Crippen LogP contribution in [0.4, 0.5) is 0 Å². The predicted octanol–water partition coefficient (Wildman–Crippen LogP) is 3.89. The molecule has 1 heterocycles. The molecule has 0 amide bonds. The molecule has 1 fully saturated rings. The molecule has 1 aliphatic heterocycles. The van der Waals surface area contributed by atoms with Gasteiger partial charge in [0.25, 0.3) is 0 Å². The molecule has 0 radical (unpaired) electrons. The molecule has 1 aromatic carbocycles. The third-order valence-electron chi connectivity index (χ3n) is 4.49. The molecule has 106 valence electrons. The summed E-state index contributed by atoms with van der Waals surface area (Å²) in [4.78, 5) is 0. The molecule has 0 saturated carbocycles. The first-order valence-electron chi connectivity index (χ1n) is 7.54. The van der Waals surface area contributed by atoms with Crippen molar-refractivity contribution in [1.82, 2.24) is 5.32 Å². The lowest BCUT2D eigenvalue weighted by atomic mass is 9.89. The van der Waals surface area contributed by atoms with E-state index in [4.69, 9.17) is 4.74 Å². The molecular formula is C17H27NO. The maximum atomic E-state index is 5.71. The molecular weight excluding hydrogens is 234 g/mol. The van der Waals surface area contributed by atoms with E-state index < -0.39 is 0 Å². The van der Waals surface area contributed by atoms with Gasteiger partial charge in [0.15, 0.2) is 0 Å². The molecule has 2 rings (SSSR count). The van der Waals surface area contributed by atoms with E-state index in [0.717, 1.165) is 13.0 Å². The lowest BCUT2D eigenvalue weighted by Gasteiger charge is -2.23. The summed E-state index contributed by atoms with van der Waals surface area (Å²) in [6, 6.07) is 9.55. The van der Waals surface area contributed by atoms with Crippen molar-refractivity contribution in [1.29, 1.82) is 0 Å². The molecule has 0 bridgehead atoms. The largest absolute Gasteiger partial charge is 0.378 e. The average Bonchev–Trinajstić information content (AvgIpc) is 2.86. The quantitative estimate of drug-likeness (QED) is 0.868. The summed E-state index contributed by atoms with van der Waals surface area (Å²) >= 11 is 0. The number of ether oxygens (including phenoxy) is 1. The van der Waals surface area contributed by atoms with Crippen molar-refractivity contribution in [3.8, 4) is 0 Å². The summed E-state index contributed by atoms with van der Waals surface area (Å²) < 4.78 is 5.71. The second-order valence-corrected chi connectivity index (χ2v) is 5.88. The molecule has 0 aromatic heterocycles. The van der Waals surface area contributed by atoms with E-state index in [-0.39, 0.29) is 0 Å². The van der Waals surface area contributed by atoms with Gasteiger partial charge in [-0.2, -0.15) is 0 Å². The molecule has 1 N–H and O–H groups in total. The number of hydrogen-bond acceptors (Lipinski definition) is 2. The summed E-state index contributed by atoms with van der Waals surface area (Å²) in [6.45, 7) is 7.57. The minimum atomic E-state index is 0.403. The first-order chi connectivity index (χ1) is 9.15. The van der Waals surface area contributed by atoms with Crippen LogP contribution in [0.15, 0.2) is 24.3 Å². The van der Waals surface area contributed by atoms with Crippen molar-refractivity contribution >= 4 is 0 Å². The van der Waals surface area contributed by atoms with E-state index in [0.29, 0.717) is 24.0 Å². The van der Waals surface area contributed by atoms with Crippen molar-refractivity contribution in [2.75, 3.05) is 13.7 Å². The smallest absolute Gasteiger partial charge is 0.0551 e. The van der Waals surface area contributed by atoms with Crippen LogP contribution in [0.5, 0.6) is 0 Å². The van der Waals surface area contributed by atoms with Gasteiger partial charge >= 0.3 is 0 Å². The summed E-state index contributed by atoms with van der Waals surface area (Å²) in [5.41, 5.74) is 2.83. The van der Waals surface area contributed by atoms with Crippen molar-refractivity contribution in [3.05, 3.63) is 35.4 Å². The maximum Gasteiger partial charge on any atom is 0.0551 e. The molecule has 1 aliphatic rings. The molecule has 4 unspecified atom stereocenters. The number of hydrogen-bond donors (Lipinski definition) is 1. The van der Waals surface area contributed by atoms with Crippen LogP contribution in [0.25, 0.3) is 0 Å². The van der Waals surface area contributed by atoms with Crippen LogP contribution in [0.2, 0.25) is 0 Å². The van der Waals surface area contributed by atoms with Gasteiger partial charge in [-0.05, 0) is 43.9 Å². The average molecular weight is 261 g/mol. The minimum absolute atomic E-state index is 0.403. The molecule has 2 nitrogen and oxygen atoms in total. The predicted molar refractivity (Wildman–Crippen MR) is 80.5 cm³/mol. The van der Waals surface area contributed by atoms with Crippen molar-refractivity contribution < 1.29 is 4.74 Å². The first-order valence-corrected chi connectivity index (χ1v) is 7.54.